The predicted octanol–water partition coefficient (Wildman–Crippen LogP) is 2.10. The fourth-order valence-electron chi connectivity index (χ4n) is 3.23. The van der Waals surface area contributed by atoms with Crippen LogP contribution in [-0.4, -0.2) is 31.6 Å². The lowest BCUT2D eigenvalue weighted by molar-refractivity contribution is 0.189. The van der Waals surface area contributed by atoms with Gasteiger partial charge in [0, 0.05) is 31.0 Å². The van der Waals surface area contributed by atoms with Gasteiger partial charge in [0.1, 0.15) is 0 Å². The van der Waals surface area contributed by atoms with Gasteiger partial charge in [-0.3, -0.25) is 0 Å². The molecule has 0 amide bonds. The van der Waals surface area contributed by atoms with Crippen LogP contribution in [-0.2, 0) is 5.41 Å². The molecule has 1 aromatic carbocycles. The van der Waals surface area contributed by atoms with Gasteiger partial charge >= 0.3 is 0 Å². The highest BCUT2D eigenvalue weighted by atomic mass is 15.2. The highest BCUT2D eigenvalue weighted by Gasteiger charge is 2.37. The van der Waals surface area contributed by atoms with Gasteiger partial charge in [0.15, 0.2) is 0 Å². The Morgan fingerprint density at radius 2 is 1.88 bits per heavy atom. The molecule has 2 heteroatoms. The Kier molecular flexibility index (Phi) is 2.72. The van der Waals surface area contributed by atoms with Crippen molar-refractivity contribution in [2.75, 3.05) is 26.7 Å². The van der Waals surface area contributed by atoms with Gasteiger partial charge < -0.3 is 10.6 Å². The van der Waals surface area contributed by atoms with Crippen LogP contribution < -0.4 is 5.73 Å². The van der Waals surface area contributed by atoms with E-state index >= 15 is 0 Å². The number of hydrogen-bond acceptors (Lipinski definition) is 2. The zero-order chi connectivity index (χ0) is 11.9. The molecule has 17 heavy (non-hydrogen) atoms. The van der Waals surface area contributed by atoms with Crippen LogP contribution >= 0.6 is 0 Å². The predicted molar refractivity (Wildman–Crippen MR) is 71.3 cm³/mol. The van der Waals surface area contributed by atoms with Crippen molar-refractivity contribution in [1.82, 2.24) is 4.90 Å². The van der Waals surface area contributed by atoms with Gasteiger partial charge in [-0.15, -0.1) is 0 Å². The fraction of sp³-hybridized carbons (Fsp3) is 0.600. The lowest BCUT2D eigenvalue weighted by Crippen LogP contribution is -2.42. The molecule has 0 unspecified atom stereocenters. The average molecular weight is 230 g/mol. The molecule has 2 N–H and O–H groups in total. The Balaban J connectivity index is 1.76. The molecule has 0 bridgehead atoms. The first-order valence-electron chi connectivity index (χ1n) is 6.73. The van der Waals surface area contributed by atoms with Crippen molar-refractivity contribution in [2.45, 2.75) is 30.6 Å². The molecule has 1 aliphatic heterocycles. The molecule has 1 saturated heterocycles. The van der Waals surface area contributed by atoms with Crippen molar-refractivity contribution in [3.63, 3.8) is 0 Å². The van der Waals surface area contributed by atoms with Crippen molar-refractivity contribution in [3.8, 4) is 0 Å². The first-order valence-corrected chi connectivity index (χ1v) is 6.73. The van der Waals surface area contributed by atoms with Crippen molar-refractivity contribution in [3.05, 3.63) is 35.4 Å². The third-order valence-electron chi connectivity index (χ3n) is 4.76. The molecule has 2 aliphatic rings. The summed E-state index contributed by atoms with van der Waals surface area (Å²) in [5.41, 5.74) is 9.22. The molecule has 1 aliphatic carbocycles. The second-order valence-corrected chi connectivity index (χ2v) is 5.88. The summed E-state index contributed by atoms with van der Waals surface area (Å²) >= 11 is 0. The molecule has 0 atom stereocenters. The van der Waals surface area contributed by atoms with E-state index in [-0.39, 0.29) is 0 Å². The zero-order valence-corrected chi connectivity index (χ0v) is 10.7. The Labute approximate surface area is 104 Å². The van der Waals surface area contributed by atoms with E-state index in [1.54, 1.807) is 0 Å². The van der Waals surface area contributed by atoms with E-state index in [0.29, 0.717) is 5.41 Å². The van der Waals surface area contributed by atoms with E-state index in [4.69, 9.17) is 5.73 Å². The molecule has 1 aromatic rings. The van der Waals surface area contributed by atoms with Crippen LogP contribution in [0.25, 0.3) is 0 Å². The molecule has 1 saturated carbocycles. The van der Waals surface area contributed by atoms with Crippen molar-refractivity contribution >= 4 is 0 Å². The maximum atomic E-state index is 5.95. The SMILES string of the molecule is CN1CC(c2ccc(C3(CN)CCC3)cc2)C1. The second-order valence-electron chi connectivity index (χ2n) is 5.88. The molecule has 2 fully saturated rings. The van der Waals surface area contributed by atoms with Crippen LogP contribution in [0, 0.1) is 0 Å². The van der Waals surface area contributed by atoms with E-state index in [0.717, 1.165) is 12.5 Å². The summed E-state index contributed by atoms with van der Waals surface area (Å²) in [7, 11) is 2.18. The molecule has 3 rings (SSSR count). The maximum Gasteiger partial charge on any atom is 0.00933 e. The van der Waals surface area contributed by atoms with Gasteiger partial charge in [-0.1, -0.05) is 30.7 Å². The number of likely N-dealkylation sites (N-methyl/N-ethyl adjacent to an activating group) is 1. The molecule has 92 valence electrons. The summed E-state index contributed by atoms with van der Waals surface area (Å²) < 4.78 is 0. The Hall–Kier alpha value is -0.860. The third-order valence-corrected chi connectivity index (χ3v) is 4.76. The number of hydrogen-bond donors (Lipinski definition) is 1. The first-order chi connectivity index (χ1) is 8.23. The van der Waals surface area contributed by atoms with Crippen LogP contribution in [0.4, 0.5) is 0 Å². The quantitative estimate of drug-likeness (QED) is 0.861. The van der Waals surface area contributed by atoms with Crippen molar-refractivity contribution in [2.24, 2.45) is 5.73 Å². The molecule has 0 spiro atoms. The van der Waals surface area contributed by atoms with Crippen LogP contribution in [0.5, 0.6) is 0 Å². The molecule has 0 aromatic heterocycles. The van der Waals surface area contributed by atoms with E-state index in [1.807, 2.05) is 0 Å². The largest absolute Gasteiger partial charge is 0.330 e. The minimum absolute atomic E-state index is 0.314. The standard InChI is InChI=1S/C15H22N2/c1-17-9-13(10-17)12-3-5-14(6-4-12)15(11-16)7-2-8-15/h3-6,13H,2,7-11,16H2,1H3. The molecular weight excluding hydrogens is 208 g/mol. The zero-order valence-electron chi connectivity index (χ0n) is 10.7. The van der Waals surface area contributed by atoms with Gasteiger partial charge in [-0.2, -0.15) is 0 Å². The molecule has 2 nitrogen and oxygen atoms in total. The lowest BCUT2D eigenvalue weighted by atomic mass is 9.64. The average Bonchev–Trinajstić information content (AvgIpc) is 2.25. The Morgan fingerprint density at radius 3 is 2.29 bits per heavy atom. The number of benzene rings is 1. The van der Waals surface area contributed by atoms with Gasteiger partial charge in [0.2, 0.25) is 0 Å². The summed E-state index contributed by atoms with van der Waals surface area (Å²) in [6.07, 6.45) is 3.89. The van der Waals surface area contributed by atoms with E-state index < -0.39 is 0 Å². The lowest BCUT2D eigenvalue weighted by Gasteiger charge is -2.42. The second kappa shape index (κ2) is 4.11. The van der Waals surface area contributed by atoms with Crippen LogP contribution in [0.1, 0.15) is 36.3 Å². The normalized spacial score (nSPS) is 24.1. The summed E-state index contributed by atoms with van der Waals surface area (Å²) in [5.74, 6) is 0.754. The smallest absolute Gasteiger partial charge is 0.00933 e. The third kappa shape index (κ3) is 1.80. The topological polar surface area (TPSA) is 29.3 Å². The van der Waals surface area contributed by atoms with Crippen LogP contribution in [0.15, 0.2) is 24.3 Å². The Bertz CT molecular complexity index is 380. The fourth-order valence-corrected chi connectivity index (χ4v) is 3.23. The number of nitrogens with two attached hydrogens (primary N) is 1. The van der Waals surface area contributed by atoms with Crippen molar-refractivity contribution in [1.29, 1.82) is 0 Å². The minimum atomic E-state index is 0.314. The summed E-state index contributed by atoms with van der Waals surface area (Å²) in [5, 5.41) is 0. The maximum absolute atomic E-state index is 5.95. The highest BCUT2D eigenvalue weighted by Crippen LogP contribution is 2.43. The summed E-state index contributed by atoms with van der Waals surface area (Å²) in [4.78, 5) is 2.37. The van der Waals surface area contributed by atoms with Gasteiger partial charge in [-0.05, 0) is 31.0 Å². The molecule has 1 heterocycles. The van der Waals surface area contributed by atoms with Crippen LogP contribution in [0.2, 0.25) is 0 Å². The minimum Gasteiger partial charge on any atom is -0.330 e. The number of likely N-dealkylation sites (tertiary alicyclic amines) is 1. The Morgan fingerprint density at radius 1 is 1.24 bits per heavy atom. The molecular formula is C15H22N2. The first kappa shape index (κ1) is 11.2. The number of nitrogens with zero attached hydrogens (tertiary/aromatic N) is 1. The molecule has 0 radical (unpaired) electrons. The van der Waals surface area contributed by atoms with Gasteiger partial charge in [0.05, 0.1) is 0 Å². The van der Waals surface area contributed by atoms with Gasteiger partial charge in [0.25, 0.3) is 0 Å². The van der Waals surface area contributed by atoms with Crippen molar-refractivity contribution < 1.29 is 0 Å². The van der Waals surface area contributed by atoms with E-state index in [1.165, 1.54) is 43.5 Å². The summed E-state index contributed by atoms with van der Waals surface area (Å²) in [6, 6.07) is 9.28. The van der Waals surface area contributed by atoms with E-state index in [2.05, 4.69) is 36.2 Å². The highest BCUT2D eigenvalue weighted by molar-refractivity contribution is 5.34. The number of rotatable bonds is 3. The van der Waals surface area contributed by atoms with Gasteiger partial charge in [-0.25, -0.2) is 0 Å². The van der Waals surface area contributed by atoms with Crippen LogP contribution in [0.3, 0.4) is 0 Å². The monoisotopic (exact) mass is 230 g/mol. The van der Waals surface area contributed by atoms with E-state index in [9.17, 15) is 0 Å². The summed E-state index contributed by atoms with van der Waals surface area (Å²) in [6.45, 7) is 3.22.